The predicted molar refractivity (Wildman–Crippen MR) is 151 cm³/mol. The Balaban J connectivity index is 1.57. The van der Waals surface area contributed by atoms with Gasteiger partial charge in [0.05, 0.1) is 24.1 Å². The van der Waals surface area contributed by atoms with E-state index < -0.39 is 0 Å². The quantitative estimate of drug-likeness (QED) is 0.210. The maximum Gasteiger partial charge on any atom is 0.263 e. The predicted octanol–water partition coefficient (Wildman–Crippen LogP) is 7.27. The highest BCUT2D eigenvalue weighted by atomic mass is 32.2. The van der Waals surface area contributed by atoms with Crippen molar-refractivity contribution in [3.63, 3.8) is 0 Å². The zero-order valence-electron chi connectivity index (χ0n) is 21.5. The van der Waals surface area contributed by atoms with E-state index in [4.69, 9.17) is 9.72 Å². The molecule has 188 valence electrons. The number of aromatic nitrogens is 2. The summed E-state index contributed by atoms with van der Waals surface area (Å²) in [5.41, 5.74) is 7.48. The molecule has 0 aliphatic heterocycles. The lowest BCUT2D eigenvalue weighted by molar-refractivity contribution is 0.283. The van der Waals surface area contributed by atoms with Gasteiger partial charge in [-0.1, -0.05) is 85.1 Å². The minimum Gasteiger partial charge on any atom is -0.497 e. The van der Waals surface area contributed by atoms with Crippen molar-refractivity contribution in [1.29, 1.82) is 0 Å². The highest BCUT2D eigenvalue weighted by Crippen LogP contribution is 2.49. The van der Waals surface area contributed by atoms with E-state index in [9.17, 15) is 4.79 Å². The molecular weight excluding hydrogens is 476 g/mol. The van der Waals surface area contributed by atoms with Crippen LogP contribution in [0.1, 0.15) is 54.4 Å². The van der Waals surface area contributed by atoms with E-state index in [0.717, 1.165) is 71.3 Å². The number of hydrogen-bond donors (Lipinski definition) is 0. The summed E-state index contributed by atoms with van der Waals surface area (Å²) < 4.78 is 7.24. The molecule has 1 aromatic heterocycles. The third kappa shape index (κ3) is 4.40. The van der Waals surface area contributed by atoms with Gasteiger partial charge in [0.25, 0.3) is 5.56 Å². The number of thioether (sulfide) groups is 1. The fourth-order valence-electron chi connectivity index (χ4n) is 6.19. The Hall–Kier alpha value is -3.31. The Morgan fingerprint density at radius 3 is 2.51 bits per heavy atom. The van der Waals surface area contributed by atoms with Crippen molar-refractivity contribution >= 4 is 11.8 Å². The van der Waals surface area contributed by atoms with Gasteiger partial charge >= 0.3 is 0 Å². The van der Waals surface area contributed by atoms with E-state index in [1.165, 1.54) is 23.1 Å². The number of methoxy groups -OCH3 is 1. The molecule has 0 unspecified atom stereocenters. The van der Waals surface area contributed by atoms with E-state index in [0.29, 0.717) is 0 Å². The number of hydrogen-bond acceptors (Lipinski definition) is 4. The second-order valence-corrected chi connectivity index (χ2v) is 11.4. The molecule has 1 fully saturated rings. The highest BCUT2D eigenvalue weighted by molar-refractivity contribution is 7.98. The van der Waals surface area contributed by atoms with Crippen LogP contribution in [0, 0.1) is 6.92 Å². The van der Waals surface area contributed by atoms with Crippen molar-refractivity contribution in [1.82, 2.24) is 9.55 Å². The normalized spacial score (nSPS) is 15.7. The third-order valence-electron chi connectivity index (χ3n) is 7.98. The van der Waals surface area contributed by atoms with E-state index in [1.54, 1.807) is 18.9 Å². The fourth-order valence-corrected chi connectivity index (χ4v) is 7.14. The summed E-state index contributed by atoms with van der Waals surface area (Å²) in [6, 6.07) is 24.9. The minimum absolute atomic E-state index is 0.0818. The van der Waals surface area contributed by atoms with Crippen LogP contribution in [0.3, 0.4) is 0 Å². The number of nitrogens with zero attached hydrogens (tertiary/aromatic N) is 2. The number of aryl methyl sites for hydroxylation is 1. The van der Waals surface area contributed by atoms with Crippen molar-refractivity contribution in [3.8, 4) is 22.7 Å². The molecular formula is C32H32N2O2S. The smallest absolute Gasteiger partial charge is 0.263 e. The highest BCUT2D eigenvalue weighted by Gasteiger charge is 2.43. The van der Waals surface area contributed by atoms with Gasteiger partial charge in [0.2, 0.25) is 0 Å². The van der Waals surface area contributed by atoms with E-state index in [1.807, 2.05) is 28.8 Å². The monoisotopic (exact) mass is 508 g/mol. The molecule has 6 rings (SSSR count). The van der Waals surface area contributed by atoms with Crippen LogP contribution in [-0.2, 0) is 17.6 Å². The Morgan fingerprint density at radius 2 is 1.76 bits per heavy atom. The van der Waals surface area contributed by atoms with Crippen molar-refractivity contribution in [2.75, 3.05) is 7.11 Å². The number of fused-ring (bicyclic) bond motifs is 4. The zero-order valence-corrected chi connectivity index (χ0v) is 22.3. The van der Waals surface area contributed by atoms with Crippen LogP contribution in [0.5, 0.6) is 5.75 Å². The first-order valence-electron chi connectivity index (χ1n) is 13.2. The van der Waals surface area contributed by atoms with Gasteiger partial charge in [-0.15, -0.1) is 0 Å². The Bertz CT molecular complexity index is 1500. The first-order chi connectivity index (χ1) is 18.1. The van der Waals surface area contributed by atoms with Crippen LogP contribution in [-0.4, -0.2) is 16.7 Å². The summed E-state index contributed by atoms with van der Waals surface area (Å²) >= 11 is 1.63. The van der Waals surface area contributed by atoms with Gasteiger partial charge in [-0.3, -0.25) is 9.36 Å². The molecule has 0 saturated heterocycles. The van der Waals surface area contributed by atoms with Crippen LogP contribution in [0.4, 0.5) is 0 Å². The zero-order chi connectivity index (χ0) is 25.4. The molecule has 1 spiro atoms. The Labute approximate surface area is 222 Å². The molecule has 4 nitrogen and oxygen atoms in total. The number of rotatable bonds is 5. The van der Waals surface area contributed by atoms with Crippen molar-refractivity contribution < 1.29 is 4.74 Å². The summed E-state index contributed by atoms with van der Waals surface area (Å²) in [4.78, 5) is 19.9. The fraction of sp³-hybridized carbons (Fsp3) is 0.312. The molecule has 1 heterocycles. The topological polar surface area (TPSA) is 44.1 Å². The third-order valence-corrected chi connectivity index (χ3v) is 8.99. The maximum atomic E-state index is 14.6. The van der Waals surface area contributed by atoms with Gasteiger partial charge in [0, 0.05) is 16.7 Å². The van der Waals surface area contributed by atoms with Gasteiger partial charge < -0.3 is 4.74 Å². The standard InChI is InChI=1S/C32H32N2O2S/c1-22-9-8-10-23(19-22)21-37-31-33-29-27-12-5-4-11-24(27)20-32(17-6-3-7-18-32)28(29)30(35)34(31)25-13-15-26(36-2)16-14-25/h4-5,8-16,19H,3,6-7,17-18,20-21H2,1-2H3. The molecule has 37 heavy (non-hydrogen) atoms. The molecule has 2 aliphatic rings. The molecule has 1 saturated carbocycles. The van der Waals surface area contributed by atoms with Crippen molar-refractivity contribution in [2.24, 2.45) is 0 Å². The minimum atomic E-state index is -0.139. The Kier molecular flexibility index (Phi) is 6.41. The van der Waals surface area contributed by atoms with Crippen LogP contribution in [0.2, 0.25) is 0 Å². The summed E-state index contributed by atoms with van der Waals surface area (Å²) in [5, 5.41) is 0.734. The molecule has 3 aromatic carbocycles. The summed E-state index contributed by atoms with van der Waals surface area (Å²) in [7, 11) is 1.66. The first-order valence-corrected chi connectivity index (χ1v) is 14.2. The summed E-state index contributed by atoms with van der Waals surface area (Å²) in [6.45, 7) is 2.11. The van der Waals surface area contributed by atoms with Crippen molar-refractivity contribution in [2.45, 2.75) is 61.8 Å². The van der Waals surface area contributed by atoms with Crippen molar-refractivity contribution in [3.05, 3.63) is 105 Å². The Morgan fingerprint density at radius 1 is 0.973 bits per heavy atom. The second kappa shape index (κ2) is 9.86. The SMILES string of the molecule is COc1ccc(-n2c(SCc3cccc(C)c3)nc3c(c2=O)C2(CCCCC2)Cc2ccccc2-3)cc1. The molecule has 0 amide bonds. The lowest BCUT2D eigenvalue weighted by atomic mass is 9.62. The molecule has 0 radical (unpaired) electrons. The summed E-state index contributed by atoms with van der Waals surface area (Å²) in [6.07, 6.45) is 6.57. The first kappa shape index (κ1) is 24.1. The second-order valence-electron chi connectivity index (χ2n) is 10.4. The lowest BCUT2D eigenvalue weighted by Gasteiger charge is -2.42. The molecule has 2 aliphatic carbocycles. The van der Waals surface area contributed by atoms with Gasteiger partial charge in [-0.2, -0.15) is 0 Å². The van der Waals surface area contributed by atoms with E-state index in [-0.39, 0.29) is 11.0 Å². The average molecular weight is 509 g/mol. The molecule has 4 aromatic rings. The van der Waals surface area contributed by atoms with Gasteiger partial charge in [-0.05, 0) is 61.6 Å². The molecule has 0 N–H and O–H groups in total. The largest absolute Gasteiger partial charge is 0.497 e. The van der Waals surface area contributed by atoms with Crippen LogP contribution < -0.4 is 10.3 Å². The van der Waals surface area contributed by atoms with E-state index in [2.05, 4.69) is 55.5 Å². The van der Waals surface area contributed by atoms with Crippen LogP contribution in [0.25, 0.3) is 16.9 Å². The van der Waals surface area contributed by atoms with Gasteiger partial charge in [0.15, 0.2) is 5.16 Å². The van der Waals surface area contributed by atoms with Gasteiger partial charge in [-0.25, -0.2) is 4.98 Å². The lowest BCUT2D eigenvalue weighted by Crippen LogP contribution is -2.42. The van der Waals surface area contributed by atoms with Gasteiger partial charge in [0.1, 0.15) is 5.75 Å². The number of ether oxygens (including phenoxy) is 1. The molecule has 0 bridgehead atoms. The maximum absolute atomic E-state index is 14.6. The molecule has 0 atom stereocenters. The molecule has 5 heteroatoms. The summed E-state index contributed by atoms with van der Waals surface area (Å²) in [5.74, 6) is 1.52. The average Bonchev–Trinajstić information content (AvgIpc) is 2.92. The van der Waals surface area contributed by atoms with Crippen LogP contribution >= 0.6 is 11.8 Å². The van der Waals surface area contributed by atoms with Crippen LogP contribution in [0.15, 0.2) is 82.7 Å². The van der Waals surface area contributed by atoms with E-state index >= 15 is 0 Å². The number of benzene rings is 3.